The first-order valence-corrected chi connectivity index (χ1v) is 11.3. The van der Waals surface area contributed by atoms with Gasteiger partial charge in [-0.05, 0) is 50.4 Å². The summed E-state index contributed by atoms with van der Waals surface area (Å²) in [5.41, 5.74) is -0.249. The first kappa shape index (κ1) is 16.5. The topological polar surface area (TPSA) is 66.9 Å². The Morgan fingerprint density at radius 3 is 2.72 bits per heavy atom. The molecule has 140 valence electrons. The minimum Gasteiger partial charge on any atom is -0.295 e. The largest absolute Gasteiger partial charge is 0.295 e. The normalized spacial score (nSPS) is 49.6. The van der Waals surface area contributed by atoms with E-state index in [0.717, 1.165) is 38.6 Å². The number of rotatable bonds is 1. The van der Waals surface area contributed by atoms with E-state index in [4.69, 9.17) is 4.84 Å². The van der Waals surface area contributed by atoms with E-state index in [-0.39, 0.29) is 46.6 Å². The van der Waals surface area contributed by atoms with Gasteiger partial charge in [-0.1, -0.05) is 13.8 Å². The molecule has 3 aliphatic heterocycles. The first-order valence-electron chi connectivity index (χ1n) is 9.68. The second-order valence-corrected chi connectivity index (χ2v) is 11.3. The van der Waals surface area contributed by atoms with Gasteiger partial charge in [0.05, 0.1) is 23.8 Å². The Morgan fingerprint density at radius 2 is 2.00 bits per heavy atom. The number of sulfonamides is 1. The third-order valence-corrected chi connectivity index (χ3v) is 10.3. The lowest BCUT2D eigenvalue weighted by molar-refractivity contribution is -0.145. The van der Waals surface area contributed by atoms with Crippen molar-refractivity contribution in [3.8, 4) is 0 Å². The van der Waals surface area contributed by atoms with Crippen molar-refractivity contribution in [3.05, 3.63) is 0 Å². The molecule has 0 radical (unpaired) electrons. The maximum Gasteiger partial charge on any atom is 0.243 e. The van der Waals surface area contributed by atoms with Gasteiger partial charge in [-0.2, -0.15) is 5.06 Å². The zero-order valence-electron chi connectivity index (χ0n) is 15.3. The van der Waals surface area contributed by atoms with Crippen molar-refractivity contribution < 1.29 is 18.0 Å². The van der Waals surface area contributed by atoms with Gasteiger partial charge in [0.25, 0.3) is 0 Å². The lowest BCUT2D eigenvalue weighted by atomic mass is 9.69. The Balaban J connectivity index is 1.53. The first-order chi connectivity index (χ1) is 11.7. The third kappa shape index (κ3) is 1.82. The maximum atomic E-state index is 13.5. The summed E-state index contributed by atoms with van der Waals surface area (Å²) >= 11 is 0. The molecule has 7 heteroatoms. The van der Waals surface area contributed by atoms with Crippen LogP contribution in [0.3, 0.4) is 0 Å². The monoisotopic (exact) mass is 368 g/mol. The second-order valence-electron chi connectivity index (χ2n) is 9.44. The number of amides is 1. The Morgan fingerprint density at radius 1 is 1.24 bits per heavy atom. The highest BCUT2D eigenvalue weighted by Crippen LogP contribution is 2.70. The van der Waals surface area contributed by atoms with Crippen LogP contribution in [-0.4, -0.2) is 54.2 Å². The van der Waals surface area contributed by atoms with Gasteiger partial charge in [0, 0.05) is 18.0 Å². The fraction of sp³-hybridized carbons (Fsp3) is 0.944. The molecular formula is C18H28N2O4S. The van der Waals surface area contributed by atoms with Crippen molar-refractivity contribution in [2.75, 3.05) is 12.3 Å². The van der Waals surface area contributed by atoms with E-state index in [0.29, 0.717) is 5.92 Å². The molecule has 1 amide bonds. The molecule has 5 aliphatic rings. The van der Waals surface area contributed by atoms with Crippen LogP contribution in [0, 0.1) is 22.7 Å². The maximum absolute atomic E-state index is 13.5. The summed E-state index contributed by atoms with van der Waals surface area (Å²) in [6.45, 7) is 7.18. The molecule has 2 bridgehead atoms. The summed E-state index contributed by atoms with van der Waals surface area (Å²) in [6.07, 6.45) is 4.56. The standard InChI is InChI=1S/C18H28N2O4S/c1-11-15(13-5-4-8-19(13)24-11)16(21)20-14-9-12-6-7-18(14,17(12,2)3)10-25(20,22)23/h11-15H,4-10H2,1-3H3/t11-,12-,13-,14+,15-,18-/m1/s1. The average molecular weight is 368 g/mol. The molecular weight excluding hydrogens is 340 g/mol. The van der Waals surface area contributed by atoms with Gasteiger partial charge in [0.2, 0.25) is 15.9 Å². The van der Waals surface area contributed by atoms with Gasteiger partial charge in [0.1, 0.15) is 0 Å². The molecule has 5 fully saturated rings. The molecule has 3 saturated heterocycles. The summed E-state index contributed by atoms with van der Waals surface area (Å²) in [6, 6.07) is -0.0951. The SMILES string of the molecule is C[C@H]1ON2CCC[C@@H]2[C@@H]1C(=O)N1[C@H]2C[C@H]3CC[C@]2(CS1(=O)=O)C3(C)C. The molecule has 0 unspecified atom stereocenters. The van der Waals surface area contributed by atoms with Gasteiger partial charge in [-0.25, -0.2) is 12.7 Å². The molecule has 6 atom stereocenters. The van der Waals surface area contributed by atoms with Crippen molar-refractivity contribution in [3.63, 3.8) is 0 Å². The minimum atomic E-state index is -3.54. The molecule has 0 aromatic carbocycles. The molecule has 25 heavy (non-hydrogen) atoms. The van der Waals surface area contributed by atoms with Crippen LogP contribution in [0.2, 0.25) is 0 Å². The Bertz CT molecular complexity index is 735. The number of carbonyl (C=O) groups is 1. The van der Waals surface area contributed by atoms with E-state index in [1.165, 1.54) is 4.31 Å². The number of carbonyl (C=O) groups excluding carboxylic acids is 1. The van der Waals surface area contributed by atoms with E-state index in [1.54, 1.807) is 0 Å². The molecule has 2 aliphatic carbocycles. The molecule has 6 nitrogen and oxygen atoms in total. The molecule has 0 aromatic rings. The van der Waals surface area contributed by atoms with Crippen molar-refractivity contribution in [1.29, 1.82) is 0 Å². The van der Waals surface area contributed by atoms with E-state index in [1.807, 2.05) is 12.0 Å². The van der Waals surface area contributed by atoms with Gasteiger partial charge >= 0.3 is 0 Å². The van der Waals surface area contributed by atoms with Crippen molar-refractivity contribution in [2.24, 2.45) is 22.7 Å². The van der Waals surface area contributed by atoms with Crippen molar-refractivity contribution in [2.45, 2.75) is 71.1 Å². The zero-order valence-corrected chi connectivity index (χ0v) is 16.1. The van der Waals surface area contributed by atoms with Crippen LogP contribution in [0.4, 0.5) is 0 Å². The Kier molecular flexibility index (Phi) is 3.16. The fourth-order valence-corrected chi connectivity index (χ4v) is 9.51. The van der Waals surface area contributed by atoms with Crippen molar-refractivity contribution >= 4 is 15.9 Å². The lowest BCUT2D eigenvalue weighted by Crippen LogP contribution is -2.49. The predicted octanol–water partition coefficient (Wildman–Crippen LogP) is 1.77. The number of hydrogen-bond acceptors (Lipinski definition) is 5. The van der Waals surface area contributed by atoms with Crippen LogP contribution in [0.1, 0.15) is 52.9 Å². The zero-order chi connectivity index (χ0) is 17.8. The Hall–Kier alpha value is -0.660. The Labute approximate surface area is 149 Å². The molecule has 5 rings (SSSR count). The summed E-state index contributed by atoms with van der Waals surface area (Å²) < 4.78 is 27.5. The molecule has 2 saturated carbocycles. The second kappa shape index (κ2) is 4.78. The van der Waals surface area contributed by atoms with Crippen LogP contribution in [0.5, 0.6) is 0 Å². The van der Waals surface area contributed by atoms with Crippen LogP contribution in [0.25, 0.3) is 0 Å². The van der Waals surface area contributed by atoms with E-state index < -0.39 is 10.0 Å². The van der Waals surface area contributed by atoms with Crippen molar-refractivity contribution in [1.82, 2.24) is 9.37 Å². The quantitative estimate of drug-likeness (QED) is 0.706. The van der Waals surface area contributed by atoms with Gasteiger partial charge in [-0.3, -0.25) is 9.63 Å². The molecule has 0 aromatic heterocycles. The van der Waals surface area contributed by atoms with Crippen LogP contribution < -0.4 is 0 Å². The van der Waals surface area contributed by atoms with Gasteiger partial charge in [-0.15, -0.1) is 0 Å². The highest BCUT2D eigenvalue weighted by atomic mass is 32.2. The summed E-state index contributed by atoms with van der Waals surface area (Å²) in [4.78, 5) is 19.3. The number of nitrogens with zero attached hydrogens (tertiary/aromatic N) is 2. The third-order valence-electron chi connectivity index (χ3n) is 8.38. The van der Waals surface area contributed by atoms with Crippen LogP contribution >= 0.6 is 0 Å². The van der Waals surface area contributed by atoms with E-state index in [2.05, 4.69) is 13.8 Å². The lowest BCUT2D eigenvalue weighted by Gasteiger charge is -2.37. The summed E-state index contributed by atoms with van der Waals surface area (Å²) in [5.74, 6) is 0.126. The molecule has 0 N–H and O–H groups in total. The van der Waals surface area contributed by atoms with Gasteiger partial charge in [0.15, 0.2) is 0 Å². The predicted molar refractivity (Wildman–Crippen MR) is 91.7 cm³/mol. The number of hydroxylamine groups is 2. The summed E-state index contributed by atoms with van der Waals surface area (Å²) in [5, 5.41) is 1.91. The smallest absolute Gasteiger partial charge is 0.243 e. The fourth-order valence-electron chi connectivity index (χ4n) is 6.94. The van der Waals surface area contributed by atoms with Crippen LogP contribution in [-0.2, 0) is 19.7 Å². The average Bonchev–Trinajstić information content (AvgIpc) is 3.21. The minimum absolute atomic E-state index is 0.00302. The highest BCUT2D eigenvalue weighted by molar-refractivity contribution is 7.90. The van der Waals surface area contributed by atoms with E-state index >= 15 is 0 Å². The number of hydrogen-bond donors (Lipinski definition) is 0. The molecule has 1 spiro atoms. The van der Waals surface area contributed by atoms with E-state index in [9.17, 15) is 13.2 Å². The summed E-state index contributed by atoms with van der Waals surface area (Å²) in [7, 11) is -3.54. The molecule has 3 heterocycles. The van der Waals surface area contributed by atoms with Crippen LogP contribution in [0.15, 0.2) is 0 Å². The highest BCUT2D eigenvalue weighted by Gasteiger charge is 2.73. The number of fused-ring (bicyclic) bond motifs is 2. The van der Waals surface area contributed by atoms with Gasteiger partial charge < -0.3 is 0 Å².